The number of rotatable bonds is 4. The number of hydrogen-bond acceptors (Lipinski definition) is 3. The molecule has 3 heteroatoms. The average molecular weight is 234 g/mol. The van der Waals surface area contributed by atoms with Crippen LogP contribution < -0.4 is 4.74 Å². The van der Waals surface area contributed by atoms with Crippen molar-refractivity contribution in [2.75, 3.05) is 13.2 Å². The van der Waals surface area contributed by atoms with Gasteiger partial charge in [-0.3, -0.25) is 4.79 Å². The summed E-state index contributed by atoms with van der Waals surface area (Å²) in [5.41, 5.74) is 2.71. The first-order valence-corrected chi connectivity index (χ1v) is 6.01. The first kappa shape index (κ1) is 12.1. The van der Waals surface area contributed by atoms with E-state index in [4.69, 9.17) is 9.47 Å². The van der Waals surface area contributed by atoms with E-state index in [9.17, 15) is 4.79 Å². The van der Waals surface area contributed by atoms with Crippen LogP contribution >= 0.6 is 0 Å². The van der Waals surface area contributed by atoms with Gasteiger partial charge < -0.3 is 9.47 Å². The highest BCUT2D eigenvalue weighted by atomic mass is 16.5. The summed E-state index contributed by atoms with van der Waals surface area (Å²) in [5.74, 6) is 0.881. The van der Waals surface area contributed by atoms with Crippen LogP contribution in [0.5, 0.6) is 5.75 Å². The number of benzene rings is 1. The lowest BCUT2D eigenvalue weighted by Gasteiger charge is -2.15. The predicted molar refractivity (Wildman–Crippen MR) is 65.8 cm³/mol. The highest BCUT2D eigenvalue weighted by molar-refractivity contribution is 5.76. The maximum Gasteiger partial charge on any atom is 0.150 e. The number of ether oxygens (including phenoxy) is 2. The lowest BCUT2D eigenvalue weighted by atomic mass is 10.1. The van der Waals surface area contributed by atoms with Crippen molar-refractivity contribution in [3.05, 3.63) is 28.8 Å². The number of aryl methyl sites for hydroxylation is 2. The van der Waals surface area contributed by atoms with Crippen molar-refractivity contribution in [1.29, 1.82) is 0 Å². The summed E-state index contributed by atoms with van der Waals surface area (Å²) in [5, 5.41) is 0. The molecule has 0 N–H and O–H groups in total. The van der Waals surface area contributed by atoms with Gasteiger partial charge in [-0.15, -0.1) is 0 Å². The zero-order valence-corrected chi connectivity index (χ0v) is 10.4. The first-order valence-electron chi connectivity index (χ1n) is 6.01. The van der Waals surface area contributed by atoms with E-state index >= 15 is 0 Å². The molecule has 0 aliphatic carbocycles. The molecule has 1 saturated heterocycles. The van der Waals surface area contributed by atoms with Crippen LogP contribution in [0.15, 0.2) is 12.1 Å². The summed E-state index contributed by atoms with van der Waals surface area (Å²) in [6.07, 6.45) is 3.28. The van der Waals surface area contributed by atoms with E-state index in [0.717, 1.165) is 42.6 Å². The minimum atomic E-state index is 0.222. The van der Waals surface area contributed by atoms with Crippen molar-refractivity contribution in [3.8, 4) is 5.75 Å². The van der Waals surface area contributed by atoms with E-state index in [1.165, 1.54) is 0 Å². The predicted octanol–water partition coefficient (Wildman–Crippen LogP) is 2.67. The summed E-state index contributed by atoms with van der Waals surface area (Å²) in [4.78, 5) is 10.7. The Morgan fingerprint density at radius 1 is 1.41 bits per heavy atom. The molecular formula is C14H18O3. The largest absolute Gasteiger partial charge is 0.490 e. The summed E-state index contributed by atoms with van der Waals surface area (Å²) in [7, 11) is 0. The fourth-order valence-corrected chi connectivity index (χ4v) is 2.23. The molecule has 1 unspecified atom stereocenters. The third kappa shape index (κ3) is 2.86. The molecule has 1 aliphatic rings. The van der Waals surface area contributed by atoms with Crippen molar-refractivity contribution in [1.82, 2.24) is 0 Å². The van der Waals surface area contributed by atoms with Crippen LogP contribution in [0, 0.1) is 13.8 Å². The van der Waals surface area contributed by atoms with Gasteiger partial charge >= 0.3 is 0 Å². The molecule has 0 radical (unpaired) electrons. The number of aldehydes is 1. The molecular weight excluding hydrogens is 216 g/mol. The molecule has 2 rings (SSSR count). The smallest absolute Gasteiger partial charge is 0.150 e. The Morgan fingerprint density at radius 3 is 2.65 bits per heavy atom. The monoisotopic (exact) mass is 234 g/mol. The molecule has 0 amide bonds. The molecule has 0 bridgehead atoms. The third-order valence-corrected chi connectivity index (χ3v) is 3.06. The molecule has 1 fully saturated rings. The molecule has 0 spiro atoms. The summed E-state index contributed by atoms with van der Waals surface area (Å²) < 4.78 is 11.3. The van der Waals surface area contributed by atoms with Crippen LogP contribution in [0.1, 0.15) is 34.3 Å². The second kappa shape index (κ2) is 5.32. The minimum Gasteiger partial charge on any atom is -0.490 e. The normalized spacial score (nSPS) is 19.3. The zero-order valence-electron chi connectivity index (χ0n) is 10.4. The SMILES string of the molecule is Cc1cc(C=O)cc(C)c1OCC1CCCO1. The second-order valence-electron chi connectivity index (χ2n) is 4.55. The van der Waals surface area contributed by atoms with Gasteiger partial charge in [-0.05, 0) is 49.9 Å². The lowest BCUT2D eigenvalue weighted by Crippen LogP contribution is -2.17. The average Bonchev–Trinajstić information content (AvgIpc) is 2.80. The maximum atomic E-state index is 10.7. The maximum absolute atomic E-state index is 10.7. The molecule has 3 nitrogen and oxygen atoms in total. The minimum absolute atomic E-state index is 0.222. The Morgan fingerprint density at radius 2 is 2.12 bits per heavy atom. The molecule has 1 heterocycles. The van der Waals surface area contributed by atoms with Gasteiger partial charge in [0, 0.05) is 12.2 Å². The Labute approximate surface area is 102 Å². The number of carbonyl (C=O) groups is 1. The molecule has 1 aliphatic heterocycles. The number of carbonyl (C=O) groups excluding carboxylic acids is 1. The summed E-state index contributed by atoms with van der Waals surface area (Å²) in [6.45, 7) is 5.37. The lowest BCUT2D eigenvalue weighted by molar-refractivity contribution is 0.0675. The van der Waals surface area contributed by atoms with E-state index in [1.54, 1.807) is 0 Å². The van der Waals surface area contributed by atoms with Crippen molar-refractivity contribution >= 4 is 6.29 Å². The Kier molecular flexibility index (Phi) is 3.79. The summed E-state index contributed by atoms with van der Waals surface area (Å²) >= 11 is 0. The van der Waals surface area contributed by atoms with Crippen LogP contribution in [0.4, 0.5) is 0 Å². The molecule has 92 valence electrons. The van der Waals surface area contributed by atoms with Gasteiger partial charge in [0.25, 0.3) is 0 Å². The molecule has 1 aromatic carbocycles. The Hall–Kier alpha value is -1.35. The van der Waals surface area contributed by atoms with Crippen molar-refractivity contribution < 1.29 is 14.3 Å². The Balaban J connectivity index is 2.06. The third-order valence-electron chi connectivity index (χ3n) is 3.06. The fourth-order valence-electron chi connectivity index (χ4n) is 2.23. The standard InChI is InChI=1S/C14H18O3/c1-10-6-12(8-15)7-11(2)14(10)17-9-13-4-3-5-16-13/h6-8,13H,3-5,9H2,1-2H3. The first-order chi connectivity index (χ1) is 8.20. The van der Waals surface area contributed by atoms with Crippen LogP contribution in [-0.2, 0) is 4.74 Å². The summed E-state index contributed by atoms with van der Waals surface area (Å²) in [6, 6.07) is 3.70. The van der Waals surface area contributed by atoms with E-state index < -0.39 is 0 Å². The molecule has 0 aromatic heterocycles. The molecule has 1 atom stereocenters. The Bertz CT molecular complexity index is 383. The van der Waals surface area contributed by atoms with E-state index in [2.05, 4.69) is 0 Å². The topological polar surface area (TPSA) is 35.5 Å². The van der Waals surface area contributed by atoms with E-state index in [1.807, 2.05) is 26.0 Å². The quantitative estimate of drug-likeness (QED) is 0.751. The van der Waals surface area contributed by atoms with E-state index in [0.29, 0.717) is 12.2 Å². The molecule has 0 saturated carbocycles. The van der Waals surface area contributed by atoms with E-state index in [-0.39, 0.29) is 6.10 Å². The van der Waals surface area contributed by atoms with Gasteiger partial charge in [-0.1, -0.05) is 0 Å². The van der Waals surface area contributed by atoms with Crippen molar-refractivity contribution in [3.63, 3.8) is 0 Å². The zero-order chi connectivity index (χ0) is 12.3. The van der Waals surface area contributed by atoms with Crippen LogP contribution in [0.2, 0.25) is 0 Å². The van der Waals surface area contributed by atoms with Crippen molar-refractivity contribution in [2.45, 2.75) is 32.8 Å². The van der Waals surface area contributed by atoms with Gasteiger partial charge in [0.15, 0.2) is 0 Å². The van der Waals surface area contributed by atoms with Crippen LogP contribution in [0.3, 0.4) is 0 Å². The van der Waals surface area contributed by atoms with Crippen LogP contribution in [-0.4, -0.2) is 25.6 Å². The number of hydrogen-bond donors (Lipinski definition) is 0. The van der Waals surface area contributed by atoms with Gasteiger partial charge in [0.1, 0.15) is 18.6 Å². The fraction of sp³-hybridized carbons (Fsp3) is 0.500. The van der Waals surface area contributed by atoms with Crippen LogP contribution in [0.25, 0.3) is 0 Å². The molecule has 1 aromatic rings. The van der Waals surface area contributed by atoms with Gasteiger partial charge in [0.05, 0.1) is 6.10 Å². The highest BCUT2D eigenvalue weighted by Gasteiger charge is 2.17. The second-order valence-corrected chi connectivity index (χ2v) is 4.55. The highest BCUT2D eigenvalue weighted by Crippen LogP contribution is 2.25. The van der Waals surface area contributed by atoms with Gasteiger partial charge in [-0.25, -0.2) is 0 Å². The van der Waals surface area contributed by atoms with Crippen molar-refractivity contribution in [2.24, 2.45) is 0 Å². The van der Waals surface area contributed by atoms with Gasteiger partial charge in [-0.2, -0.15) is 0 Å². The molecule has 17 heavy (non-hydrogen) atoms. The van der Waals surface area contributed by atoms with Gasteiger partial charge in [0.2, 0.25) is 0 Å².